The zero-order chi connectivity index (χ0) is 15.6. The van der Waals surface area contributed by atoms with E-state index < -0.39 is 0 Å². The number of halogens is 1. The van der Waals surface area contributed by atoms with Crippen LogP contribution in [-0.4, -0.2) is 6.61 Å². The van der Waals surface area contributed by atoms with E-state index in [0.717, 1.165) is 34.9 Å². The molecule has 118 valence electrons. The molecule has 0 aliphatic carbocycles. The maximum atomic E-state index is 6.31. The van der Waals surface area contributed by atoms with E-state index in [1.165, 1.54) is 32.1 Å². The molecule has 0 fully saturated rings. The van der Waals surface area contributed by atoms with Gasteiger partial charge in [-0.3, -0.25) is 0 Å². The molecule has 0 radical (unpaired) electrons. The molecule has 0 aliphatic rings. The molecule has 0 N–H and O–H groups in total. The normalized spacial score (nSPS) is 10.6. The van der Waals surface area contributed by atoms with Gasteiger partial charge in [-0.15, -0.1) is 0 Å². The van der Waals surface area contributed by atoms with E-state index in [1.807, 2.05) is 36.4 Å². The summed E-state index contributed by atoms with van der Waals surface area (Å²) in [5.74, 6) is 0.900. The average Bonchev–Trinajstić information content (AvgIpc) is 2.56. The molecule has 0 aromatic heterocycles. The van der Waals surface area contributed by atoms with Gasteiger partial charge in [0.15, 0.2) is 0 Å². The molecule has 0 unspecified atom stereocenters. The van der Waals surface area contributed by atoms with Gasteiger partial charge in [0.2, 0.25) is 0 Å². The summed E-state index contributed by atoms with van der Waals surface area (Å²) in [6.45, 7) is 3.02. The number of benzene rings is 2. The van der Waals surface area contributed by atoms with Gasteiger partial charge in [-0.2, -0.15) is 0 Å². The molecule has 22 heavy (non-hydrogen) atoms. The van der Waals surface area contributed by atoms with Crippen molar-refractivity contribution in [2.45, 2.75) is 45.4 Å². The summed E-state index contributed by atoms with van der Waals surface area (Å²) in [7, 11) is 0. The van der Waals surface area contributed by atoms with E-state index in [-0.39, 0.29) is 0 Å². The molecule has 0 spiro atoms. The topological polar surface area (TPSA) is 9.23 Å². The van der Waals surface area contributed by atoms with Crippen molar-refractivity contribution in [3.8, 4) is 16.9 Å². The lowest BCUT2D eigenvalue weighted by molar-refractivity contribution is 0.304. The first kappa shape index (κ1) is 16.9. The fraction of sp³-hybridized carbons (Fsp3) is 0.400. The highest BCUT2D eigenvalue weighted by Gasteiger charge is 2.05. The minimum Gasteiger partial charge on any atom is -0.494 e. The third-order valence-corrected chi connectivity index (χ3v) is 4.12. The lowest BCUT2D eigenvalue weighted by Crippen LogP contribution is -1.97. The molecule has 0 saturated carbocycles. The predicted octanol–water partition coefficient (Wildman–Crippen LogP) is 6.75. The minimum atomic E-state index is 0.762. The van der Waals surface area contributed by atoms with Gasteiger partial charge in [0.25, 0.3) is 0 Å². The lowest BCUT2D eigenvalue weighted by Gasteiger charge is -2.10. The summed E-state index contributed by atoms with van der Waals surface area (Å²) in [6, 6.07) is 16.1. The quantitative estimate of drug-likeness (QED) is 0.465. The van der Waals surface area contributed by atoms with Gasteiger partial charge in [-0.05, 0) is 30.2 Å². The van der Waals surface area contributed by atoms with E-state index in [1.54, 1.807) is 0 Å². The standard InChI is InChI=1S/C20H25ClO/c1-2-3-4-5-6-10-15-22-18-13-14-20(21)19(16-18)17-11-8-7-9-12-17/h7-9,11-14,16H,2-6,10,15H2,1H3. The Balaban J connectivity index is 1.85. The maximum Gasteiger partial charge on any atom is 0.120 e. The Morgan fingerprint density at radius 2 is 1.59 bits per heavy atom. The Morgan fingerprint density at radius 1 is 0.864 bits per heavy atom. The predicted molar refractivity (Wildman–Crippen MR) is 95.8 cm³/mol. The Labute approximate surface area is 139 Å². The van der Waals surface area contributed by atoms with Crippen molar-refractivity contribution in [2.24, 2.45) is 0 Å². The highest BCUT2D eigenvalue weighted by atomic mass is 35.5. The Bertz CT molecular complexity index is 551. The molecule has 0 atom stereocenters. The summed E-state index contributed by atoms with van der Waals surface area (Å²) in [5.41, 5.74) is 2.15. The molecule has 2 heteroatoms. The van der Waals surface area contributed by atoms with E-state index >= 15 is 0 Å². The van der Waals surface area contributed by atoms with Crippen LogP contribution in [0, 0.1) is 0 Å². The van der Waals surface area contributed by atoms with Crippen LogP contribution < -0.4 is 4.74 Å². The van der Waals surface area contributed by atoms with Crippen molar-refractivity contribution in [3.05, 3.63) is 53.6 Å². The van der Waals surface area contributed by atoms with Gasteiger partial charge in [0.1, 0.15) is 5.75 Å². The molecule has 0 amide bonds. The molecular weight excluding hydrogens is 292 g/mol. The molecule has 0 heterocycles. The molecule has 0 aliphatic heterocycles. The second-order valence-electron chi connectivity index (χ2n) is 5.62. The second-order valence-corrected chi connectivity index (χ2v) is 6.03. The lowest BCUT2D eigenvalue weighted by atomic mass is 10.1. The van der Waals surface area contributed by atoms with Crippen LogP contribution >= 0.6 is 11.6 Å². The van der Waals surface area contributed by atoms with E-state index in [4.69, 9.17) is 16.3 Å². The van der Waals surface area contributed by atoms with Crippen LogP contribution in [0.15, 0.2) is 48.5 Å². The molecule has 2 rings (SSSR count). The van der Waals surface area contributed by atoms with Gasteiger partial charge in [0, 0.05) is 10.6 Å². The molecule has 2 aromatic rings. The first-order valence-corrected chi connectivity index (χ1v) is 8.67. The zero-order valence-electron chi connectivity index (χ0n) is 13.4. The summed E-state index contributed by atoms with van der Waals surface area (Å²) in [6.07, 6.45) is 7.66. The van der Waals surface area contributed by atoms with Crippen molar-refractivity contribution in [1.29, 1.82) is 0 Å². The van der Waals surface area contributed by atoms with Crippen LogP contribution in [0.1, 0.15) is 45.4 Å². The van der Waals surface area contributed by atoms with E-state index in [9.17, 15) is 0 Å². The maximum absolute atomic E-state index is 6.31. The van der Waals surface area contributed by atoms with E-state index in [0.29, 0.717) is 0 Å². The van der Waals surface area contributed by atoms with Gasteiger partial charge in [0.05, 0.1) is 6.61 Å². The number of ether oxygens (including phenoxy) is 1. The van der Waals surface area contributed by atoms with Crippen molar-refractivity contribution < 1.29 is 4.74 Å². The van der Waals surface area contributed by atoms with Crippen LogP contribution in [0.3, 0.4) is 0 Å². The minimum absolute atomic E-state index is 0.762. The molecular formula is C20H25ClO. The summed E-state index contributed by atoms with van der Waals surface area (Å²) in [4.78, 5) is 0. The fourth-order valence-electron chi connectivity index (χ4n) is 2.51. The van der Waals surface area contributed by atoms with Gasteiger partial charge >= 0.3 is 0 Å². The highest BCUT2D eigenvalue weighted by molar-refractivity contribution is 6.33. The van der Waals surface area contributed by atoms with Crippen molar-refractivity contribution >= 4 is 11.6 Å². The van der Waals surface area contributed by atoms with Crippen molar-refractivity contribution in [3.63, 3.8) is 0 Å². The largest absolute Gasteiger partial charge is 0.494 e. The zero-order valence-corrected chi connectivity index (χ0v) is 14.1. The average molecular weight is 317 g/mol. The van der Waals surface area contributed by atoms with Crippen LogP contribution in [-0.2, 0) is 0 Å². The first-order chi connectivity index (χ1) is 10.8. The molecule has 0 saturated heterocycles. The summed E-state index contributed by atoms with van der Waals surface area (Å²) >= 11 is 6.31. The third kappa shape index (κ3) is 5.38. The fourth-order valence-corrected chi connectivity index (χ4v) is 2.73. The van der Waals surface area contributed by atoms with Crippen LogP contribution in [0.4, 0.5) is 0 Å². The highest BCUT2D eigenvalue weighted by Crippen LogP contribution is 2.31. The number of rotatable bonds is 9. The SMILES string of the molecule is CCCCCCCCOc1ccc(Cl)c(-c2ccccc2)c1. The monoisotopic (exact) mass is 316 g/mol. The van der Waals surface area contributed by atoms with Gasteiger partial charge < -0.3 is 4.74 Å². The van der Waals surface area contributed by atoms with E-state index in [2.05, 4.69) is 19.1 Å². The smallest absolute Gasteiger partial charge is 0.120 e. The summed E-state index contributed by atoms with van der Waals surface area (Å²) in [5, 5.41) is 0.762. The van der Waals surface area contributed by atoms with Crippen LogP contribution in [0.2, 0.25) is 5.02 Å². The van der Waals surface area contributed by atoms with Crippen molar-refractivity contribution in [2.75, 3.05) is 6.61 Å². The molecule has 2 aromatic carbocycles. The van der Waals surface area contributed by atoms with Crippen LogP contribution in [0.25, 0.3) is 11.1 Å². The van der Waals surface area contributed by atoms with Gasteiger partial charge in [-0.25, -0.2) is 0 Å². The third-order valence-electron chi connectivity index (χ3n) is 3.79. The Morgan fingerprint density at radius 3 is 2.36 bits per heavy atom. The molecule has 1 nitrogen and oxygen atoms in total. The number of hydrogen-bond donors (Lipinski definition) is 0. The van der Waals surface area contributed by atoms with Crippen LogP contribution in [0.5, 0.6) is 5.75 Å². The summed E-state index contributed by atoms with van der Waals surface area (Å²) < 4.78 is 5.87. The van der Waals surface area contributed by atoms with Crippen molar-refractivity contribution in [1.82, 2.24) is 0 Å². The Kier molecular flexibility index (Phi) is 7.32. The van der Waals surface area contributed by atoms with Gasteiger partial charge in [-0.1, -0.05) is 81.0 Å². The second kappa shape index (κ2) is 9.53. The number of unbranched alkanes of at least 4 members (excludes halogenated alkanes) is 5. The first-order valence-electron chi connectivity index (χ1n) is 8.29. The molecule has 0 bridgehead atoms. The number of hydrogen-bond acceptors (Lipinski definition) is 1. The Hall–Kier alpha value is -1.47.